The molecule has 0 heterocycles. The molecule has 8 atom stereocenters. The summed E-state index contributed by atoms with van der Waals surface area (Å²) in [4.78, 5) is 37.8. The topological polar surface area (TPSA) is 89.9 Å². The van der Waals surface area contributed by atoms with Crippen LogP contribution in [0.5, 0.6) is 0 Å². The molecule has 3 saturated carbocycles. The third-order valence-corrected chi connectivity index (χ3v) is 9.34. The third-order valence-electron chi connectivity index (χ3n) is 9.23. The summed E-state index contributed by atoms with van der Waals surface area (Å²) >= 11 is 5.71. The van der Waals surface area contributed by atoms with Crippen LogP contribution >= 0.6 is 11.6 Å². The van der Waals surface area contributed by atoms with Crippen molar-refractivity contribution in [3.63, 3.8) is 0 Å². The largest absolute Gasteiger partial charge is 0.446 e. The van der Waals surface area contributed by atoms with Crippen molar-refractivity contribution in [1.29, 1.82) is 0 Å². The Kier molecular flexibility index (Phi) is 5.85. The van der Waals surface area contributed by atoms with E-state index in [-0.39, 0.29) is 24.5 Å². The molecule has 6 nitrogen and oxygen atoms in total. The summed E-state index contributed by atoms with van der Waals surface area (Å²) in [6.45, 7) is 6.99. The first kappa shape index (κ1) is 24.4. The van der Waals surface area contributed by atoms with E-state index < -0.39 is 58.0 Å². The van der Waals surface area contributed by atoms with Crippen molar-refractivity contribution in [2.45, 2.75) is 77.2 Å². The molecule has 1 N–H and O–H groups in total. The van der Waals surface area contributed by atoms with Gasteiger partial charge in [0.05, 0.1) is 6.10 Å². The lowest BCUT2D eigenvalue weighted by Crippen LogP contribution is -2.70. The number of allylic oxidation sites excluding steroid dienone is 4. The number of ether oxygens (including phenoxy) is 2. The van der Waals surface area contributed by atoms with Gasteiger partial charge in [0.1, 0.15) is 0 Å². The fourth-order valence-electron chi connectivity index (χ4n) is 7.63. The summed E-state index contributed by atoms with van der Waals surface area (Å²) in [5.74, 6) is -2.89. The van der Waals surface area contributed by atoms with Gasteiger partial charge in [-0.05, 0) is 50.7 Å². The number of fused-ring (bicyclic) bond motifs is 5. The van der Waals surface area contributed by atoms with Gasteiger partial charge in [0, 0.05) is 29.1 Å². The summed E-state index contributed by atoms with van der Waals surface area (Å²) in [5.41, 5.74) is -5.19. The molecule has 0 aliphatic heterocycles. The minimum absolute atomic E-state index is 0.0629. The van der Waals surface area contributed by atoms with Crippen molar-refractivity contribution in [3.8, 4) is 0 Å². The highest BCUT2D eigenvalue weighted by Gasteiger charge is 2.78. The van der Waals surface area contributed by atoms with E-state index in [2.05, 4.69) is 0 Å². The summed E-state index contributed by atoms with van der Waals surface area (Å²) in [7, 11) is 0. The van der Waals surface area contributed by atoms with Gasteiger partial charge in [-0.3, -0.25) is 9.59 Å². The molecular weight excluding hydrogens is 451 g/mol. The lowest BCUT2D eigenvalue weighted by atomic mass is 9.44. The zero-order valence-corrected chi connectivity index (χ0v) is 20.3. The number of halogens is 2. The summed E-state index contributed by atoms with van der Waals surface area (Å²) in [6, 6.07) is -0.401. The van der Waals surface area contributed by atoms with Gasteiger partial charge in [0.2, 0.25) is 5.60 Å². The lowest BCUT2D eigenvalue weighted by Gasteiger charge is -2.62. The maximum atomic E-state index is 17.2. The predicted molar refractivity (Wildman–Crippen MR) is 119 cm³/mol. The quantitative estimate of drug-likeness (QED) is 0.480. The van der Waals surface area contributed by atoms with Crippen LogP contribution in [0.25, 0.3) is 0 Å². The maximum absolute atomic E-state index is 17.2. The minimum atomic E-state index is -2.03. The number of esters is 2. The Hall–Kier alpha value is -1.73. The number of alkyl halides is 2. The standard InChI is InChI=1S/C25H32ClFO6/c1-5-20(30)33-25(21(31)32-13-26)14(2)10-18-17-7-6-15-11-16(28)8-9-22(15,3)24(17,27)19(29)12-23(18,25)4/h8-9,11,14,17-19,29H,5-7,10,12-13H2,1-4H3/t14-,17-,18-,19-,22-,23-,24-,25+/m0/s1. The first-order valence-electron chi connectivity index (χ1n) is 11.7. The molecule has 0 bridgehead atoms. The van der Waals surface area contributed by atoms with Crippen LogP contribution in [0.4, 0.5) is 4.39 Å². The lowest BCUT2D eigenvalue weighted by molar-refractivity contribution is -0.235. The first-order valence-corrected chi connectivity index (χ1v) is 12.2. The molecule has 0 aromatic heterocycles. The van der Waals surface area contributed by atoms with Crippen LogP contribution in [0.3, 0.4) is 0 Å². The van der Waals surface area contributed by atoms with Gasteiger partial charge in [-0.25, -0.2) is 9.18 Å². The first-order chi connectivity index (χ1) is 15.4. The SMILES string of the molecule is CCC(=O)O[C@@]1(C(=O)OCCl)[C@@H](C)C[C@H]2[C@@H]3CCC4=CC(=O)C=C[C@]4(C)[C@@]3(F)[C@@H](O)C[C@@]21C. The van der Waals surface area contributed by atoms with Gasteiger partial charge < -0.3 is 14.6 Å². The number of rotatable bonds is 4. The van der Waals surface area contributed by atoms with Crippen molar-refractivity contribution in [3.05, 3.63) is 23.8 Å². The van der Waals surface area contributed by atoms with Gasteiger partial charge in [0.25, 0.3) is 0 Å². The fourth-order valence-corrected chi connectivity index (χ4v) is 7.73. The number of ketones is 1. The van der Waals surface area contributed by atoms with Gasteiger partial charge >= 0.3 is 11.9 Å². The van der Waals surface area contributed by atoms with Crippen molar-refractivity contribution >= 4 is 29.3 Å². The van der Waals surface area contributed by atoms with E-state index in [1.807, 2.05) is 6.92 Å². The smallest absolute Gasteiger partial charge is 0.352 e. The number of aliphatic hydroxyl groups excluding tert-OH is 1. The monoisotopic (exact) mass is 482 g/mol. The second-order valence-corrected chi connectivity index (χ2v) is 10.7. The molecule has 0 saturated heterocycles. The third kappa shape index (κ3) is 2.97. The minimum Gasteiger partial charge on any atom is -0.446 e. The Balaban J connectivity index is 1.84. The van der Waals surface area contributed by atoms with E-state index in [9.17, 15) is 19.5 Å². The molecule has 33 heavy (non-hydrogen) atoms. The Bertz CT molecular complexity index is 947. The highest BCUT2D eigenvalue weighted by Crippen LogP contribution is 2.71. The van der Waals surface area contributed by atoms with E-state index in [1.54, 1.807) is 26.8 Å². The van der Waals surface area contributed by atoms with Crippen LogP contribution in [0.2, 0.25) is 0 Å². The molecule has 4 aliphatic rings. The average Bonchev–Trinajstić information content (AvgIpc) is 2.97. The van der Waals surface area contributed by atoms with Gasteiger partial charge in [-0.1, -0.05) is 44.0 Å². The molecular formula is C25H32ClFO6. The zero-order chi connectivity index (χ0) is 24.4. The van der Waals surface area contributed by atoms with Crippen molar-refractivity contribution < 1.29 is 33.4 Å². The van der Waals surface area contributed by atoms with Gasteiger partial charge in [-0.15, -0.1) is 0 Å². The number of hydrogen-bond acceptors (Lipinski definition) is 6. The average molecular weight is 483 g/mol. The van der Waals surface area contributed by atoms with Crippen LogP contribution in [-0.2, 0) is 23.9 Å². The molecule has 0 aromatic rings. The maximum Gasteiger partial charge on any atom is 0.352 e. The summed E-state index contributed by atoms with van der Waals surface area (Å²) < 4.78 is 28.3. The molecule has 0 amide bonds. The van der Waals surface area contributed by atoms with Crippen LogP contribution in [-0.4, -0.2) is 46.3 Å². The highest BCUT2D eigenvalue weighted by molar-refractivity contribution is 6.17. The van der Waals surface area contributed by atoms with Crippen LogP contribution in [0, 0.1) is 28.6 Å². The second-order valence-electron chi connectivity index (χ2n) is 10.5. The number of carbonyl (C=O) groups excluding carboxylic acids is 3. The highest BCUT2D eigenvalue weighted by atomic mass is 35.5. The van der Waals surface area contributed by atoms with Gasteiger partial charge in [0.15, 0.2) is 17.5 Å². The van der Waals surface area contributed by atoms with Crippen LogP contribution < -0.4 is 0 Å². The number of hydrogen-bond donors (Lipinski definition) is 1. The van der Waals surface area contributed by atoms with E-state index in [0.717, 1.165) is 0 Å². The molecule has 182 valence electrons. The zero-order valence-electron chi connectivity index (χ0n) is 19.5. The van der Waals surface area contributed by atoms with E-state index >= 15 is 4.39 Å². The second kappa shape index (κ2) is 7.91. The predicted octanol–water partition coefficient (Wildman–Crippen LogP) is 4.03. The Morgan fingerprint density at radius 2 is 2.00 bits per heavy atom. The molecule has 4 aliphatic carbocycles. The van der Waals surface area contributed by atoms with Crippen LogP contribution in [0.1, 0.15) is 59.8 Å². The molecule has 3 fully saturated rings. The Labute approximate surface area is 198 Å². The molecule has 4 rings (SSSR count). The van der Waals surface area contributed by atoms with Gasteiger partial charge in [-0.2, -0.15) is 0 Å². The summed E-state index contributed by atoms with van der Waals surface area (Å²) in [6.07, 6.45) is 4.36. The van der Waals surface area contributed by atoms with E-state index in [1.165, 1.54) is 12.2 Å². The van der Waals surface area contributed by atoms with Crippen molar-refractivity contribution in [1.82, 2.24) is 0 Å². The van der Waals surface area contributed by atoms with E-state index in [0.29, 0.717) is 24.8 Å². The number of aliphatic hydroxyl groups is 1. The number of carbonyl (C=O) groups is 3. The fraction of sp³-hybridized carbons (Fsp3) is 0.720. The van der Waals surface area contributed by atoms with Crippen LogP contribution in [0.15, 0.2) is 23.8 Å². The molecule has 8 heteroatoms. The van der Waals surface area contributed by atoms with Crippen molar-refractivity contribution in [2.24, 2.45) is 28.6 Å². The molecule has 0 unspecified atom stereocenters. The molecule has 0 aromatic carbocycles. The molecule has 0 radical (unpaired) electrons. The normalized spacial score (nSPS) is 46.0. The Morgan fingerprint density at radius 1 is 1.30 bits per heavy atom. The molecule has 0 spiro atoms. The Morgan fingerprint density at radius 3 is 2.64 bits per heavy atom. The van der Waals surface area contributed by atoms with E-state index in [4.69, 9.17) is 21.1 Å². The van der Waals surface area contributed by atoms with Crippen molar-refractivity contribution in [2.75, 3.05) is 6.07 Å². The summed E-state index contributed by atoms with van der Waals surface area (Å²) in [5, 5.41) is 11.4.